The van der Waals surface area contributed by atoms with Crippen molar-refractivity contribution >= 4 is 38.4 Å². The van der Waals surface area contributed by atoms with Gasteiger partial charge in [0.1, 0.15) is 11.4 Å². The average molecular weight is 411 g/mol. The minimum atomic E-state index is -3.73. The van der Waals surface area contributed by atoms with Crippen molar-refractivity contribution < 1.29 is 17.6 Å². The average Bonchev–Trinajstić information content (AvgIpc) is 3.31. The fraction of sp³-hybridized carbons (Fsp3) is 0.238. The number of aryl methyl sites for hydroxylation is 1. The fourth-order valence-corrected chi connectivity index (χ4v) is 4.42. The Labute approximate surface area is 168 Å². The molecule has 0 saturated carbocycles. The van der Waals surface area contributed by atoms with Crippen molar-refractivity contribution in [2.24, 2.45) is 4.99 Å². The smallest absolute Gasteiger partial charge is 0.262 e. The summed E-state index contributed by atoms with van der Waals surface area (Å²) in [6.45, 7) is 2.61. The molecule has 0 unspecified atom stereocenters. The molecule has 0 aliphatic carbocycles. The minimum Gasteiger partial charge on any atom is -0.464 e. The molecule has 8 heteroatoms. The van der Waals surface area contributed by atoms with Gasteiger partial charge in [0.25, 0.3) is 10.0 Å². The van der Waals surface area contributed by atoms with Gasteiger partial charge in [0.15, 0.2) is 0 Å². The molecule has 3 aromatic rings. The van der Waals surface area contributed by atoms with Gasteiger partial charge in [-0.05, 0) is 43.2 Å². The molecular formula is C21H21N3O4S. The zero-order chi connectivity index (χ0) is 20.4. The van der Waals surface area contributed by atoms with E-state index in [9.17, 15) is 13.2 Å². The summed E-state index contributed by atoms with van der Waals surface area (Å²) in [4.78, 5) is 16.7. The van der Waals surface area contributed by atoms with Crippen molar-refractivity contribution in [1.82, 2.24) is 4.72 Å². The monoisotopic (exact) mass is 411 g/mol. The van der Waals surface area contributed by atoms with Crippen molar-refractivity contribution in [2.75, 3.05) is 11.9 Å². The second-order valence-electron chi connectivity index (χ2n) is 7.05. The van der Waals surface area contributed by atoms with E-state index in [1.54, 1.807) is 18.4 Å². The molecule has 0 fully saturated rings. The van der Waals surface area contributed by atoms with E-state index >= 15 is 0 Å². The van der Waals surface area contributed by atoms with Crippen LogP contribution in [0.25, 0.3) is 11.0 Å². The molecule has 1 aliphatic heterocycles. The Hall–Kier alpha value is -3.13. The van der Waals surface area contributed by atoms with Crippen LogP contribution >= 0.6 is 0 Å². The van der Waals surface area contributed by atoms with Gasteiger partial charge >= 0.3 is 0 Å². The number of rotatable bonds is 5. The number of aliphatic imine (C=N–C) groups is 1. The van der Waals surface area contributed by atoms with Crippen LogP contribution in [0, 0.1) is 6.92 Å². The molecule has 1 amide bonds. The lowest BCUT2D eigenvalue weighted by Crippen LogP contribution is -2.29. The van der Waals surface area contributed by atoms with Gasteiger partial charge in [-0.2, -0.15) is 0 Å². The molecule has 0 saturated heterocycles. The summed E-state index contributed by atoms with van der Waals surface area (Å²) in [5.41, 5.74) is 3.01. The third-order valence-electron chi connectivity index (χ3n) is 4.72. The zero-order valence-electron chi connectivity index (χ0n) is 15.9. The number of carbonyl (C=O) groups excluding carboxylic acids is 1. The van der Waals surface area contributed by atoms with Crippen molar-refractivity contribution in [3.05, 3.63) is 59.9 Å². The third-order valence-corrected chi connectivity index (χ3v) is 6.10. The topological polar surface area (TPSA) is 101 Å². The van der Waals surface area contributed by atoms with Crippen LogP contribution in [0.3, 0.4) is 0 Å². The van der Waals surface area contributed by atoms with Crippen LogP contribution in [0.1, 0.15) is 24.0 Å². The Morgan fingerprint density at radius 3 is 2.86 bits per heavy atom. The second kappa shape index (κ2) is 7.71. The number of hydrogen-bond acceptors (Lipinski definition) is 5. The summed E-state index contributed by atoms with van der Waals surface area (Å²) < 4.78 is 33.1. The molecule has 2 aromatic carbocycles. The van der Waals surface area contributed by atoms with Gasteiger partial charge in [-0.1, -0.05) is 18.2 Å². The summed E-state index contributed by atoms with van der Waals surface area (Å²) in [6.07, 6.45) is 3.17. The quantitative estimate of drug-likeness (QED) is 0.672. The Kier molecular flexibility index (Phi) is 5.10. The molecule has 0 radical (unpaired) electrons. The van der Waals surface area contributed by atoms with E-state index in [2.05, 4.69) is 15.0 Å². The van der Waals surface area contributed by atoms with Crippen LogP contribution in [0.2, 0.25) is 0 Å². The third kappa shape index (κ3) is 4.32. The summed E-state index contributed by atoms with van der Waals surface area (Å²) in [5.74, 6) is 0.220. The molecule has 0 spiro atoms. The molecule has 1 aromatic heterocycles. The fourth-order valence-electron chi connectivity index (χ4n) is 3.28. The molecule has 2 N–H and O–H groups in total. The number of benzene rings is 2. The first-order valence-electron chi connectivity index (χ1n) is 9.33. The summed E-state index contributed by atoms with van der Waals surface area (Å²) >= 11 is 0. The normalized spacial score (nSPS) is 14.0. The summed E-state index contributed by atoms with van der Waals surface area (Å²) in [5, 5.41) is 3.65. The van der Waals surface area contributed by atoms with Gasteiger partial charge in [0.05, 0.1) is 17.6 Å². The van der Waals surface area contributed by atoms with Gasteiger partial charge in [0, 0.05) is 29.6 Å². The van der Waals surface area contributed by atoms with E-state index in [0.717, 1.165) is 28.5 Å². The van der Waals surface area contributed by atoms with Crippen molar-refractivity contribution in [1.29, 1.82) is 0 Å². The first-order valence-corrected chi connectivity index (χ1v) is 10.8. The molecule has 0 bridgehead atoms. The number of furan rings is 1. The van der Waals surface area contributed by atoms with Crippen LogP contribution in [0.15, 0.2) is 63.0 Å². The zero-order valence-corrected chi connectivity index (χ0v) is 16.8. The van der Waals surface area contributed by atoms with Crippen molar-refractivity contribution in [3.63, 3.8) is 0 Å². The maximum Gasteiger partial charge on any atom is 0.262 e. The molecule has 1 aliphatic rings. The largest absolute Gasteiger partial charge is 0.464 e. The molecule has 7 nitrogen and oxygen atoms in total. The summed E-state index contributed by atoms with van der Waals surface area (Å²) in [6, 6.07) is 12.0. The Bertz CT molecular complexity index is 1210. The van der Waals surface area contributed by atoms with Gasteiger partial charge < -0.3 is 9.73 Å². The predicted molar refractivity (Wildman–Crippen MR) is 112 cm³/mol. The highest BCUT2D eigenvalue weighted by Gasteiger charge is 2.19. The maximum absolute atomic E-state index is 12.5. The van der Waals surface area contributed by atoms with E-state index < -0.39 is 10.0 Å². The highest BCUT2D eigenvalue weighted by atomic mass is 32.2. The highest BCUT2D eigenvalue weighted by molar-refractivity contribution is 7.90. The second-order valence-corrected chi connectivity index (χ2v) is 8.73. The lowest BCUT2D eigenvalue weighted by molar-refractivity contribution is -0.115. The van der Waals surface area contributed by atoms with Crippen molar-refractivity contribution in [3.8, 4) is 0 Å². The maximum atomic E-state index is 12.5. The number of nitrogens with one attached hydrogen (secondary N) is 2. The number of amides is 1. The van der Waals surface area contributed by atoms with E-state index in [0.29, 0.717) is 24.5 Å². The molecule has 0 atom stereocenters. The van der Waals surface area contributed by atoms with Crippen LogP contribution in [0.4, 0.5) is 5.69 Å². The highest BCUT2D eigenvalue weighted by Crippen LogP contribution is 2.23. The number of hydrogen-bond donors (Lipinski definition) is 2. The van der Waals surface area contributed by atoms with Gasteiger partial charge in [-0.15, -0.1) is 0 Å². The van der Waals surface area contributed by atoms with Gasteiger partial charge in [-0.3, -0.25) is 14.5 Å². The molecule has 2 heterocycles. The first kappa shape index (κ1) is 19.2. The van der Waals surface area contributed by atoms with E-state index in [4.69, 9.17) is 4.42 Å². The molecular weight excluding hydrogens is 390 g/mol. The number of anilines is 1. The lowest BCUT2D eigenvalue weighted by atomic mass is 10.1. The Morgan fingerprint density at radius 2 is 2.07 bits per heavy atom. The molecule has 4 rings (SSSR count). The van der Waals surface area contributed by atoms with Gasteiger partial charge in [0.2, 0.25) is 5.91 Å². The number of fused-ring (bicyclic) bond motifs is 1. The number of nitrogens with zero attached hydrogens (tertiary/aromatic N) is 1. The van der Waals surface area contributed by atoms with Crippen LogP contribution in [-0.2, 0) is 21.2 Å². The number of sulfonamides is 1. The van der Waals surface area contributed by atoms with Crippen molar-refractivity contribution in [2.45, 2.75) is 31.1 Å². The number of carbonyl (C=O) groups is 1. The number of amidine groups is 1. The van der Waals surface area contributed by atoms with E-state index in [1.165, 1.54) is 12.1 Å². The van der Waals surface area contributed by atoms with Crippen LogP contribution < -0.4 is 10.0 Å². The molecule has 150 valence electrons. The minimum absolute atomic E-state index is 0.0779. The predicted octanol–water partition coefficient (Wildman–Crippen LogP) is 3.39. The molecule has 29 heavy (non-hydrogen) atoms. The van der Waals surface area contributed by atoms with Gasteiger partial charge in [-0.25, -0.2) is 8.42 Å². The first-order chi connectivity index (χ1) is 13.9. The van der Waals surface area contributed by atoms with Crippen LogP contribution in [0.5, 0.6) is 0 Å². The Morgan fingerprint density at radius 1 is 1.21 bits per heavy atom. The lowest BCUT2D eigenvalue weighted by Gasteiger charge is -2.10. The van der Waals surface area contributed by atoms with E-state index in [1.807, 2.05) is 25.1 Å². The summed E-state index contributed by atoms with van der Waals surface area (Å²) in [7, 11) is -3.73. The van der Waals surface area contributed by atoms with Crippen LogP contribution in [-0.4, -0.2) is 26.7 Å². The Balaban J connectivity index is 1.47. The van der Waals surface area contributed by atoms with E-state index in [-0.39, 0.29) is 17.2 Å². The standard InChI is InChI=1S/C21H21N3O4S/c1-14-7-8-18-15(13-28-19(18)10-14)11-21(25)23-16-4-2-5-17(12-16)29(26,27)24-20-6-3-9-22-20/h2,4-5,7-8,10,12-13H,3,6,9,11H2,1H3,(H,22,24)(H,23,25). The SMILES string of the molecule is Cc1ccc2c(CC(=O)Nc3cccc(S(=O)(=O)NC4=NCCC4)c3)coc2c1.